The third-order valence-electron chi connectivity index (χ3n) is 9.11. The summed E-state index contributed by atoms with van der Waals surface area (Å²) >= 11 is 0. The van der Waals surface area contributed by atoms with Gasteiger partial charge in [-0.2, -0.15) is 0 Å². The smallest absolute Gasteiger partial charge is 0.174 e. The van der Waals surface area contributed by atoms with Gasteiger partial charge in [-0.1, -0.05) is 167 Å². The van der Waals surface area contributed by atoms with E-state index < -0.39 is 30.5 Å². The molecule has 0 aliphatic carbocycles. The van der Waals surface area contributed by atoms with Crippen LogP contribution in [0.3, 0.4) is 0 Å². The minimum atomic E-state index is -1.70. The number of Topliss-reactive ketones (excluding diaryl/α,β-unsaturated/α-hetero) is 2. The first kappa shape index (κ1) is 43.0. The Hall–Kier alpha value is -1.04. The van der Waals surface area contributed by atoms with Crippen molar-refractivity contribution in [2.24, 2.45) is 5.92 Å². The lowest BCUT2D eigenvalue weighted by Crippen LogP contribution is -2.42. The number of carbonyl (C=O) groups excluding carboxylic acids is 2. The molecule has 5 heteroatoms. The summed E-state index contributed by atoms with van der Waals surface area (Å²) in [5.74, 6) is -1.62. The fourth-order valence-corrected chi connectivity index (χ4v) is 6.04. The predicted octanol–water partition coefficient (Wildman–Crippen LogP) is 10.4. The van der Waals surface area contributed by atoms with Crippen molar-refractivity contribution < 1.29 is 24.9 Å². The van der Waals surface area contributed by atoms with Crippen molar-refractivity contribution >= 4 is 11.6 Å². The zero-order valence-corrected chi connectivity index (χ0v) is 29.3. The molecule has 3 unspecified atom stereocenters. The number of aliphatic hydroxyl groups excluding tert-OH is 3. The first-order valence-electron chi connectivity index (χ1n) is 19.2. The van der Waals surface area contributed by atoms with Crippen LogP contribution in [0.15, 0.2) is 12.2 Å². The van der Waals surface area contributed by atoms with E-state index in [1.807, 2.05) is 0 Å². The Morgan fingerprint density at radius 1 is 0.523 bits per heavy atom. The monoisotopic (exact) mass is 623 g/mol. The van der Waals surface area contributed by atoms with E-state index in [4.69, 9.17) is 0 Å². The SMILES string of the molecule is CCCCCCCC/C=C\CCCCCCCC(=O)C(CCCCCCCCCCCCCCCC)C(=O)C(O)C(O)CO. The lowest BCUT2D eigenvalue weighted by molar-refractivity contribution is -0.144. The molecule has 0 heterocycles. The minimum Gasteiger partial charge on any atom is -0.394 e. The van der Waals surface area contributed by atoms with Crippen LogP contribution in [0.1, 0.15) is 200 Å². The van der Waals surface area contributed by atoms with Gasteiger partial charge in [-0.3, -0.25) is 9.59 Å². The summed E-state index contributed by atoms with van der Waals surface area (Å²) in [6.45, 7) is 3.82. The van der Waals surface area contributed by atoms with Crippen molar-refractivity contribution in [3.05, 3.63) is 12.2 Å². The molecule has 0 spiro atoms. The summed E-state index contributed by atoms with van der Waals surface area (Å²) < 4.78 is 0. The third-order valence-corrected chi connectivity index (χ3v) is 9.11. The second-order valence-electron chi connectivity index (χ2n) is 13.3. The molecule has 44 heavy (non-hydrogen) atoms. The fraction of sp³-hybridized carbons (Fsp3) is 0.897. The van der Waals surface area contributed by atoms with E-state index in [2.05, 4.69) is 26.0 Å². The Balaban J connectivity index is 4.12. The summed E-state index contributed by atoms with van der Waals surface area (Å²) in [4.78, 5) is 25.9. The highest BCUT2D eigenvalue weighted by molar-refractivity contribution is 6.04. The Labute approximate surface area is 273 Å². The largest absolute Gasteiger partial charge is 0.394 e. The second kappa shape index (κ2) is 33.3. The summed E-state index contributed by atoms with van der Waals surface area (Å²) in [7, 11) is 0. The van der Waals surface area contributed by atoms with Crippen molar-refractivity contribution in [1.82, 2.24) is 0 Å². The first-order valence-corrected chi connectivity index (χ1v) is 19.2. The number of rotatable bonds is 35. The Morgan fingerprint density at radius 3 is 1.30 bits per heavy atom. The highest BCUT2D eigenvalue weighted by atomic mass is 16.4. The Morgan fingerprint density at radius 2 is 0.886 bits per heavy atom. The van der Waals surface area contributed by atoms with E-state index in [1.165, 1.54) is 122 Å². The lowest BCUT2D eigenvalue weighted by Gasteiger charge is -2.21. The van der Waals surface area contributed by atoms with Crippen molar-refractivity contribution in [3.8, 4) is 0 Å². The molecule has 260 valence electrons. The summed E-state index contributed by atoms with van der Waals surface area (Å²) in [5.41, 5.74) is 0. The molecule has 0 amide bonds. The molecule has 0 rings (SSSR count). The van der Waals surface area contributed by atoms with Crippen molar-refractivity contribution in [2.75, 3.05) is 6.61 Å². The maximum absolute atomic E-state index is 13.0. The second-order valence-corrected chi connectivity index (χ2v) is 13.3. The van der Waals surface area contributed by atoms with Crippen LogP contribution in [0.4, 0.5) is 0 Å². The van der Waals surface area contributed by atoms with Crippen LogP contribution in [-0.4, -0.2) is 45.7 Å². The van der Waals surface area contributed by atoms with Crippen LogP contribution >= 0.6 is 0 Å². The first-order chi connectivity index (χ1) is 21.5. The topological polar surface area (TPSA) is 94.8 Å². The summed E-state index contributed by atoms with van der Waals surface area (Å²) in [6, 6.07) is 0. The average molecular weight is 623 g/mol. The van der Waals surface area contributed by atoms with Crippen LogP contribution in [-0.2, 0) is 9.59 Å². The van der Waals surface area contributed by atoms with Gasteiger partial charge in [-0.25, -0.2) is 0 Å². The van der Waals surface area contributed by atoms with E-state index in [0.29, 0.717) is 12.8 Å². The molecule has 5 nitrogen and oxygen atoms in total. The third kappa shape index (κ3) is 26.2. The lowest BCUT2D eigenvalue weighted by atomic mass is 9.86. The van der Waals surface area contributed by atoms with Gasteiger partial charge in [-0.15, -0.1) is 0 Å². The van der Waals surface area contributed by atoms with Crippen LogP contribution < -0.4 is 0 Å². The molecule has 0 aliphatic heterocycles. The van der Waals surface area contributed by atoms with E-state index in [-0.39, 0.29) is 5.78 Å². The normalized spacial score (nSPS) is 13.8. The molecule has 0 aliphatic rings. The molecule has 0 saturated heterocycles. The maximum atomic E-state index is 13.0. The van der Waals surface area contributed by atoms with Gasteiger partial charge >= 0.3 is 0 Å². The van der Waals surface area contributed by atoms with Crippen molar-refractivity contribution in [1.29, 1.82) is 0 Å². The van der Waals surface area contributed by atoms with Crippen LogP contribution in [0.2, 0.25) is 0 Å². The molecule has 3 atom stereocenters. The number of unbranched alkanes of at least 4 members (excludes halogenated alkanes) is 24. The van der Waals surface area contributed by atoms with Crippen molar-refractivity contribution in [2.45, 2.75) is 212 Å². The molecular formula is C39H74O5. The summed E-state index contributed by atoms with van der Waals surface area (Å²) in [5, 5.41) is 29.2. The highest BCUT2D eigenvalue weighted by Gasteiger charge is 2.33. The van der Waals surface area contributed by atoms with Gasteiger partial charge in [-0.05, 0) is 38.5 Å². The maximum Gasteiger partial charge on any atom is 0.174 e. The summed E-state index contributed by atoms with van der Waals surface area (Å²) in [6.07, 6.45) is 35.1. The number of hydrogen-bond donors (Lipinski definition) is 3. The number of allylic oxidation sites excluding steroid dienone is 2. The Kier molecular flexibility index (Phi) is 32.5. The predicted molar refractivity (Wildman–Crippen MR) is 187 cm³/mol. The quantitative estimate of drug-likeness (QED) is 0.0371. The van der Waals surface area contributed by atoms with Gasteiger partial charge in [0.1, 0.15) is 18.0 Å². The Bertz CT molecular complexity index is 661. The molecule has 0 fully saturated rings. The molecule has 0 bridgehead atoms. The number of ketones is 2. The highest BCUT2D eigenvalue weighted by Crippen LogP contribution is 2.21. The van der Waals surface area contributed by atoms with E-state index in [0.717, 1.165) is 51.4 Å². The van der Waals surface area contributed by atoms with Crippen LogP contribution in [0, 0.1) is 5.92 Å². The zero-order valence-electron chi connectivity index (χ0n) is 29.3. The zero-order chi connectivity index (χ0) is 32.5. The standard InChI is InChI=1S/C39H74O5/c1-3-5-7-9-11-13-15-17-19-21-23-25-27-29-31-33-36(41)35(38(43)39(44)37(42)34-40)32-30-28-26-24-22-20-18-16-14-12-10-8-6-4-2/h17,19,35,37,39-40,42,44H,3-16,18,20-34H2,1-2H3/b19-17-. The molecule has 3 N–H and O–H groups in total. The van der Waals surface area contributed by atoms with Gasteiger partial charge in [0.15, 0.2) is 5.78 Å². The van der Waals surface area contributed by atoms with E-state index in [1.54, 1.807) is 0 Å². The van der Waals surface area contributed by atoms with Gasteiger partial charge in [0.2, 0.25) is 0 Å². The number of aliphatic hydroxyl groups is 3. The van der Waals surface area contributed by atoms with Crippen LogP contribution in [0.5, 0.6) is 0 Å². The molecule has 0 radical (unpaired) electrons. The van der Waals surface area contributed by atoms with Gasteiger partial charge in [0.05, 0.1) is 12.5 Å². The molecule has 0 saturated carbocycles. The molecule has 0 aromatic heterocycles. The van der Waals surface area contributed by atoms with Gasteiger partial charge < -0.3 is 15.3 Å². The van der Waals surface area contributed by atoms with E-state index in [9.17, 15) is 24.9 Å². The van der Waals surface area contributed by atoms with Crippen molar-refractivity contribution in [3.63, 3.8) is 0 Å². The number of carbonyl (C=O) groups is 2. The van der Waals surface area contributed by atoms with Gasteiger partial charge in [0.25, 0.3) is 0 Å². The van der Waals surface area contributed by atoms with Gasteiger partial charge in [0, 0.05) is 6.42 Å². The van der Waals surface area contributed by atoms with Crippen LogP contribution in [0.25, 0.3) is 0 Å². The van der Waals surface area contributed by atoms with E-state index >= 15 is 0 Å². The molecule has 0 aromatic rings. The number of hydrogen-bond acceptors (Lipinski definition) is 5. The fourth-order valence-electron chi connectivity index (χ4n) is 6.04. The minimum absolute atomic E-state index is 0.119. The molecule has 0 aromatic carbocycles. The average Bonchev–Trinajstić information content (AvgIpc) is 3.03. The molecular weight excluding hydrogens is 548 g/mol.